The van der Waals surface area contributed by atoms with Crippen LogP contribution in [0.4, 0.5) is 14.4 Å². The Hall–Kier alpha value is -3.54. The number of carbonyl (C=O) groups excluding carboxylic acids is 3. The number of carboxylic acid groups (broad SMARTS) is 1. The number of hydrogen-bond acceptors (Lipinski definition) is 11. The van der Waals surface area contributed by atoms with Crippen LogP contribution in [0.5, 0.6) is 11.5 Å². The molecule has 1 aromatic rings. The Bertz CT molecular complexity index is 887. The van der Waals surface area contributed by atoms with Crippen molar-refractivity contribution in [1.82, 2.24) is 0 Å². The van der Waals surface area contributed by atoms with Crippen LogP contribution in [0, 0.1) is 0 Å². The minimum atomic E-state index is -1.40. The van der Waals surface area contributed by atoms with Gasteiger partial charge in [-0.05, 0) is 57.7 Å². The molecule has 12 nitrogen and oxygen atoms in total. The van der Waals surface area contributed by atoms with Gasteiger partial charge in [-0.3, -0.25) is 4.79 Å². The lowest BCUT2D eigenvalue weighted by Crippen LogP contribution is -2.38. The van der Waals surface area contributed by atoms with E-state index in [-0.39, 0.29) is 31.1 Å². The minimum absolute atomic E-state index is 0.000865. The van der Waals surface area contributed by atoms with E-state index in [2.05, 4.69) is 0 Å². The summed E-state index contributed by atoms with van der Waals surface area (Å²) in [6, 6.07) is 2.67. The number of ether oxygens (including phenoxy) is 6. The summed E-state index contributed by atoms with van der Waals surface area (Å²) in [4.78, 5) is 47.6. The van der Waals surface area contributed by atoms with Gasteiger partial charge < -0.3 is 39.3 Å². The topological polar surface area (TPSA) is 170 Å². The fourth-order valence-electron chi connectivity index (χ4n) is 2.98. The van der Waals surface area contributed by atoms with Crippen LogP contribution in [0.15, 0.2) is 18.2 Å². The molecule has 0 radical (unpaired) electrons. The Labute approximate surface area is 209 Å². The van der Waals surface area contributed by atoms with Crippen LogP contribution in [-0.4, -0.2) is 61.0 Å². The molecule has 0 bridgehead atoms. The van der Waals surface area contributed by atoms with Crippen LogP contribution in [0.1, 0.15) is 65.4 Å². The summed E-state index contributed by atoms with van der Waals surface area (Å²) >= 11 is 0. The lowest BCUT2D eigenvalue weighted by molar-refractivity contribution is -0.139. The fourth-order valence-corrected chi connectivity index (χ4v) is 2.98. The first-order valence-electron chi connectivity index (χ1n) is 11.7. The maximum absolute atomic E-state index is 12.1. The van der Waals surface area contributed by atoms with E-state index in [0.29, 0.717) is 18.4 Å². The molecule has 0 amide bonds. The molecule has 0 aliphatic rings. The molecular formula is C24H35NO11. The second kappa shape index (κ2) is 15.5. The Morgan fingerprint density at radius 3 is 1.92 bits per heavy atom. The van der Waals surface area contributed by atoms with Gasteiger partial charge >= 0.3 is 24.4 Å². The zero-order chi connectivity index (χ0) is 27.3. The van der Waals surface area contributed by atoms with Crippen LogP contribution in [-0.2, 0) is 23.7 Å². The first-order valence-corrected chi connectivity index (χ1v) is 11.7. The lowest BCUT2D eigenvalue weighted by atomic mass is 9.87. The van der Waals surface area contributed by atoms with E-state index < -0.39 is 48.6 Å². The van der Waals surface area contributed by atoms with Crippen LogP contribution < -0.4 is 15.2 Å². The third-order valence-electron chi connectivity index (χ3n) is 4.56. The highest BCUT2D eigenvalue weighted by molar-refractivity contribution is 5.75. The van der Waals surface area contributed by atoms with Crippen molar-refractivity contribution < 1.29 is 52.7 Å². The molecule has 36 heavy (non-hydrogen) atoms. The van der Waals surface area contributed by atoms with Gasteiger partial charge in [0.15, 0.2) is 11.5 Å². The lowest BCUT2D eigenvalue weighted by Gasteiger charge is -2.25. The highest BCUT2D eigenvalue weighted by atomic mass is 16.7. The Kier molecular flexibility index (Phi) is 13.1. The van der Waals surface area contributed by atoms with Gasteiger partial charge in [0.05, 0.1) is 19.3 Å². The monoisotopic (exact) mass is 513 g/mol. The average Bonchev–Trinajstić information content (AvgIpc) is 2.79. The van der Waals surface area contributed by atoms with Gasteiger partial charge in [0.1, 0.15) is 12.1 Å². The standard InChI is InChI=1S/C24H35NO11/c1-6-10-31-22(28)35-18-9-8-16(13-19(18)36-23(29)32-11-7-2)17(20(25)21(26)27)12-15(5)34-24(30)33-14(3)4/h8-9,13-15,17,20H,6-7,10-12,25H2,1-5H3,(H,26,27)/t15?,17?,20-/m0/s1. The van der Waals surface area contributed by atoms with Crippen molar-refractivity contribution >= 4 is 24.4 Å². The highest BCUT2D eigenvalue weighted by Gasteiger charge is 2.30. The largest absolute Gasteiger partial charge is 0.513 e. The molecule has 0 spiro atoms. The Morgan fingerprint density at radius 1 is 0.861 bits per heavy atom. The van der Waals surface area contributed by atoms with Crippen LogP contribution in [0.25, 0.3) is 0 Å². The fraction of sp³-hybridized carbons (Fsp3) is 0.583. The quantitative estimate of drug-likeness (QED) is 0.217. The van der Waals surface area contributed by atoms with E-state index in [1.807, 2.05) is 0 Å². The molecule has 0 fully saturated rings. The first-order chi connectivity index (χ1) is 17.0. The van der Waals surface area contributed by atoms with Gasteiger partial charge in [-0.15, -0.1) is 0 Å². The van der Waals surface area contributed by atoms with Crippen molar-refractivity contribution in [3.63, 3.8) is 0 Å². The molecule has 0 heterocycles. The number of nitrogens with two attached hydrogens (primary N) is 1. The molecule has 0 aliphatic heterocycles. The third-order valence-corrected chi connectivity index (χ3v) is 4.56. The summed E-state index contributed by atoms with van der Waals surface area (Å²) in [6.45, 7) is 8.69. The molecule has 0 saturated heterocycles. The predicted molar refractivity (Wildman–Crippen MR) is 126 cm³/mol. The summed E-state index contributed by atoms with van der Waals surface area (Å²) < 4.78 is 30.3. The van der Waals surface area contributed by atoms with Crippen LogP contribution >= 0.6 is 0 Å². The molecule has 0 aromatic heterocycles. The van der Waals surface area contributed by atoms with E-state index in [1.54, 1.807) is 34.6 Å². The summed E-state index contributed by atoms with van der Waals surface area (Å²) in [7, 11) is 0. The van der Waals surface area contributed by atoms with Crippen molar-refractivity contribution in [2.75, 3.05) is 13.2 Å². The summed E-state index contributed by atoms with van der Waals surface area (Å²) in [5.41, 5.74) is 6.26. The maximum atomic E-state index is 12.1. The average molecular weight is 514 g/mol. The van der Waals surface area contributed by atoms with E-state index in [1.165, 1.54) is 18.2 Å². The van der Waals surface area contributed by atoms with E-state index in [9.17, 15) is 24.3 Å². The van der Waals surface area contributed by atoms with Crippen LogP contribution in [0.2, 0.25) is 0 Å². The SMILES string of the molecule is CCCOC(=O)Oc1ccc(C(CC(C)OC(=O)OC(C)C)[C@H](N)C(=O)O)cc1OC(=O)OCCC. The van der Waals surface area contributed by atoms with Crippen molar-refractivity contribution in [2.24, 2.45) is 5.73 Å². The molecular weight excluding hydrogens is 478 g/mol. The number of hydrogen-bond donors (Lipinski definition) is 2. The van der Waals surface area contributed by atoms with Gasteiger partial charge in [-0.2, -0.15) is 0 Å². The van der Waals surface area contributed by atoms with Gasteiger partial charge in [0, 0.05) is 5.92 Å². The highest BCUT2D eigenvalue weighted by Crippen LogP contribution is 2.35. The normalized spacial score (nSPS) is 13.2. The molecule has 0 aliphatic carbocycles. The number of rotatable bonds is 13. The second-order valence-corrected chi connectivity index (χ2v) is 8.16. The minimum Gasteiger partial charge on any atom is -0.480 e. The van der Waals surface area contributed by atoms with Crippen molar-refractivity contribution in [1.29, 1.82) is 0 Å². The Morgan fingerprint density at radius 2 is 1.42 bits per heavy atom. The van der Waals surface area contributed by atoms with E-state index in [4.69, 9.17) is 34.2 Å². The van der Waals surface area contributed by atoms with Crippen LogP contribution in [0.3, 0.4) is 0 Å². The smallest absolute Gasteiger partial charge is 0.480 e. The summed E-state index contributed by atoms with van der Waals surface area (Å²) in [5.74, 6) is -2.55. The summed E-state index contributed by atoms with van der Waals surface area (Å²) in [6.07, 6.45) is -3.02. The van der Waals surface area contributed by atoms with Crippen molar-refractivity contribution in [3.05, 3.63) is 23.8 Å². The number of aliphatic carboxylic acids is 1. The molecule has 1 rings (SSSR count). The Balaban J connectivity index is 3.27. The molecule has 2 unspecified atom stereocenters. The maximum Gasteiger partial charge on any atom is 0.513 e. The molecule has 3 N–H and O–H groups in total. The first kappa shape index (κ1) is 30.5. The molecule has 0 saturated carbocycles. The van der Waals surface area contributed by atoms with Gasteiger partial charge in [-0.1, -0.05) is 19.9 Å². The molecule has 1 aromatic carbocycles. The number of benzene rings is 1. The van der Waals surface area contributed by atoms with Crippen molar-refractivity contribution in [2.45, 2.75) is 78.0 Å². The molecule has 12 heteroatoms. The number of carbonyl (C=O) groups is 4. The summed E-state index contributed by atoms with van der Waals surface area (Å²) in [5, 5.41) is 9.55. The van der Waals surface area contributed by atoms with E-state index >= 15 is 0 Å². The zero-order valence-electron chi connectivity index (χ0n) is 21.2. The van der Waals surface area contributed by atoms with Gasteiger partial charge in [0.25, 0.3) is 0 Å². The zero-order valence-corrected chi connectivity index (χ0v) is 21.2. The predicted octanol–water partition coefficient (Wildman–Crippen LogP) is 4.37. The number of carboxylic acids is 1. The second-order valence-electron chi connectivity index (χ2n) is 8.16. The third kappa shape index (κ3) is 10.8. The van der Waals surface area contributed by atoms with Gasteiger partial charge in [0.2, 0.25) is 0 Å². The van der Waals surface area contributed by atoms with Gasteiger partial charge in [-0.25, -0.2) is 14.4 Å². The van der Waals surface area contributed by atoms with E-state index in [0.717, 1.165) is 0 Å². The van der Waals surface area contributed by atoms with Crippen molar-refractivity contribution in [3.8, 4) is 11.5 Å². The molecule has 3 atom stereocenters. The molecule has 202 valence electrons.